The summed E-state index contributed by atoms with van der Waals surface area (Å²) in [5.74, 6) is -0.218. The second kappa shape index (κ2) is 8.09. The third-order valence-corrected chi connectivity index (χ3v) is 4.40. The lowest BCUT2D eigenvalue weighted by Gasteiger charge is -2.25. The first-order valence-corrected chi connectivity index (χ1v) is 8.12. The lowest BCUT2D eigenvalue weighted by atomic mass is 9.85. The number of halogens is 4. The molecule has 5 nitrogen and oxygen atoms in total. The maximum atomic E-state index is 12.9. The predicted octanol–water partition coefficient (Wildman–Crippen LogP) is 3.77. The van der Waals surface area contributed by atoms with Crippen LogP contribution in [0.25, 0.3) is 5.69 Å². The molecule has 0 bridgehead atoms. The number of rotatable bonds is 3. The molecule has 2 aromatic rings. The number of alkyl halides is 3. The number of nitrogens with one attached hydrogen (secondary N) is 1. The zero-order chi connectivity index (χ0) is 18.0. The van der Waals surface area contributed by atoms with E-state index in [1.165, 1.54) is 12.1 Å². The lowest BCUT2D eigenvalue weighted by Crippen LogP contribution is -2.34. The molecule has 0 radical (unpaired) electrons. The Labute approximate surface area is 155 Å². The van der Waals surface area contributed by atoms with Crippen LogP contribution in [0.1, 0.15) is 31.4 Å². The van der Waals surface area contributed by atoms with Crippen LogP contribution in [0.2, 0.25) is 0 Å². The van der Waals surface area contributed by atoms with E-state index >= 15 is 0 Å². The molecular formula is C17H20ClF3N4O. The first kappa shape index (κ1) is 20.3. The van der Waals surface area contributed by atoms with Crippen LogP contribution in [0.5, 0.6) is 0 Å². The van der Waals surface area contributed by atoms with Gasteiger partial charge in [-0.3, -0.25) is 4.79 Å². The Morgan fingerprint density at radius 1 is 1.19 bits per heavy atom. The number of nitrogens with zero attached hydrogens (tertiary/aromatic N) is 2. The summed E-state index contributed by atoms with van der Waals surface area (Å²) < 4.78 is 39.6. The number of amides is 1. The number of benzene rings is 1. The van der Waals surface area contributed by atoms with Crippen LogP contribution in [0.4, 0.5) is 18.9 Å². The van der Waals surface area contributed by atoms with E-state index < -0.39 is 11.9 Å². The van der Waals surface area contributed by atoms with Crippen molar-refractivity contribution in [3.05, 3.63) is 42.2 Å². The predicted molar refractivity (Wildman–Crippen MR) is 94.4 cm³/mol. The van der Waals surface area contributed by atoms with Gasteiger partial charge in [0.1, 0.15) is 5.69 Å². The van der Waals surface area contributed by atoms with Crippen LogP contribution in [0, 0.1) is 5.92 Å². The van der Waals surface area contributed by atoms with Crippen LogP contribution in [0.3, 0.4) is 0 Å². The smallest absolute Gasteiger partial charge is 0.328 e. The van der Waals surface area contributed by atoms with E-state index in [-0.39, 0.29) is 36.0 Å². The third-order valence-electron chi connectivity index (χ3n) is 4.40. The minimum atomic E-state index is -4.48. The highest BCUT2D eigenvalue weighted by molar-refractivity contribution is 5.92. The minimum Gasteiger partial charge on any atom is -0.328 e. The van der Waals surface area contributed by atoms with Crippen LogP contribution in [0.15, 0.2) is 36.5 Å². The van der Waals surface area contributed by atoms with E-state index in [0.29, 0.717) is 12.1 Å². The number of anilines is 1. The molecule has 1 amide bonds. The topological polar surface area (TPSA) is 72.9 Å². The van der Waals surface area contributed by atoms with Gasteiger partial charge >= 0.3 is 6.18 Å². The molecule has 26 heavy (non-hydrogen) atoms. The molecular weight excluding hydrogens is 369 g/mol. The highest BCUT2D eigenvalue weighted by Gasteiger charge is 2.35. The number of carbonyl (C=O) groups excluding carboxylic acids is 1. The molecule has 2 atom stereocenters. The van der Waals surface area contributed by atoms with Gasteiger partial charge < -0.3 is 11.1 Å². The fourth-order valence-corrected chi connectivity index (χ4v) is 3.12. The number of carbonyl (C=O) groups is 1. The molecule has 1 fully saturated rings. The third kappa shape index (κ3) is 4.56. The molecule has 0 saturated heterocycles. The highest BCUT2D eigenvalue weighted by atomic mass is 35.5. The van der Waals surface area contributed by atoms with Gasteiger partial charge in [0.05, 0.1) is 11.9 Å². The Kier molecular flexibility index (Phi) is 6.30. The molecule has 9 heteroatoms. The largest absolute Gasteiger partial charge is 0.433 e. The average molecular weight is 389 g/mol. The maximum absolute atomic E-state index is 12.9. The molecule has 1 aromatic carbocycles. The number of nitrogens with two attached hydrogens (primary N) is 1. The van der Waals surface area contributed by atoms with Gasteiger partial charge in [-0.15, -0.1) is 12.4 Å². The maximum Gasteiger partial charge on any atom is 0.433 e. The van der Waals surface area contributed by atoms with Crippen molar-refractivity contribution in [3.8, 4) is 5.69 Å². The van der Waals surface area contributed by atoms with E-state index in [1.807, 2.05) is 0 Å². The van der Waals surface area contributed by atoms with Crippen LogP contribution >= 0.6 is 12.4 Å². The fourth-order valence-electron chi connectivity index (χ4n) is 3.12. The van der Waals surface area contributed by atoms with Crippen LogP contribution < -0.4 is 11.1 Å². The summed E-state index contributed by atoms with van der Waals surface area (Å²) in [4.78, 5) is 12.3. The van der Waals surface area contributed by atoms with Crippen molar-refractivity contribution in [2.75, 3.05) is 5.32 Å². The van der Waals surface area contributed by atoms with Gasteiger partial charge in [-0.1, -0.05) is 6.42 Å². The van der Waals surface area contributed by atoms with Crippen molar-refractivity contribution >= 4 is 24.0 Å². The summed E-state index contributed by atoms with van der Waals surface area (Å²) in [5, 5.41) is 6.52. The van der Waals surface area contributed by atoms with Gasteiger partial charge in [0.25, 0.3) is 0 Å². The van der Waals surface area contributed by atoms with Crippen LogP contribution in [-0.2, 0) is 11.0 Å². The van der Waals surface area contributed by atoms with Crippen molar-refractivity contribution in [3.63, 3.8) is 0 Å². The molecule has 1 aromatic heterocycles. The first-order valence-electron chi connectivity index (χ1n) is 8.12. The Bertz CT molecular complexity index is 745. The summed E-state index contributed by atoms with van der Waals surface area (Å²) in [6.45, 7) is 0. The zero-order valence-corrected chi connectivity index (χ0v) is 14.7. The fraction of sp³-hybridized carbons (Fsp3) is 0.412. The molecule has 1 heterocycles. The second-order valence-electron chi connectivity index (χ2n) is 6.29. The van der Waals surface area contributed by atoms with Crippen molar-refractivity contribution in [1.82, 2.24) is 9.78 Å². The lowest BCUT2D eigenvalue weighted by molar-refractivity contribution is -0.142. The summed E-state index contributed by atoms with van der Waals surface area (Å²) in [6.07, 6.45) is -0.0540. The zero-order valence-electron chi connectivity index (χ0n) is 13.9. The van der Waals surface area contributed by atoms with E-state index in [9.17, 15) is 18.0 Å². The Hall–Kier alpha value is -2.06. The van der Waals surface area contributed by atoms with Gasteiger partial charge in [-0.2, -0.15) is 18.3 Å². The number of aromatic nitrogens is 2. The molecule has 3 N–H and O–H groups in total. The van der Waals surface area contributed by atoms with Crippen molar-refractivity contribution in [1.29, 1.82) is 0 Å². The van der Waals surface area contributed by atoms with E-state index in [2.05, 4.69) is 10.4 Å². The Morgan fingerprint density at radius 3 is 2.50 bits per heavy atom. The van der Waals surface area contributed by atoms with Gasteiger partial charge in [-0.25, -0.2) is 4.68 Å². The van der Waals surface area contributed by atoms with Gasteiger partial charge in [0.2, 0.25) is 5.91 Å². The average Bonchev–Trinajstić information content (AvgIpc) is 3.05. The summed E-state index contributed by atoms with van der Waals surface area (Å²) in [6, 6.07) is 7.08. The monoisotopic (exact) mass is 388 g/mol. The molecule has 3 rings (SSSR count). The van der Waals surface area contributed by atoms with E-state index in [4.69, 9.17) is 5.73 Å². The van der Waals surface area contributed by atoms with E-state index in [1.54, 1.807) is 12.1 Å². The quantitative estimate of drug-likeness (QED) is 0.840. The van der Waals surface area contributed by atoms with Crippen molar-refractivity contribution < 1.29 is 18.0 Å². The first-order chi connectivity index (χ1) is 11.8. The molecule has 1 aliphatic carbocycles. The molecule has 2 unspecified atom stereocenters. The number of hydrogen-bond acceptors (Lipinski definition) is 3. The van der Waals surface area contributed by atoms with Crippen molar-refractivity contribution in [2.45, 2.75) is 37.9 Å². The van der Waals surface area contributed by atoms with Crippen LogP contribution in [-0.4, -0.2) is 21.7 Å². The SMILES string of the molecule is Cl.NC1CCCC(C(=O)Nc2ccc(-n3nccc3C(F)(F)F)cc2)C1. The second-order valence-corrected chi connectivity index (χ2v) is 6.29. The molecule has 1 saturated carbocycles. The normalized spacial score (nSPS) is 20.3. The standard InChI is InChI=1S/C17H19F3N4O.ClH/c18-17(19,20)15-8-9-22-24(15)14-6-4-13(5-7-14)23-16(25)11-2-1-3-12(21)10-11;/h4-9,11-12H,1-3,10,21H2,(H,23,25);1H. The Balaban J connectivity index is 0.00000243. The van der Waals surface area contributed by atoms with Crippen molar-refractivity contribution in [2.24, 2.45) is 11.7 Å². The minimum absolute atomic E-state index is 0. The Morgan fingerprint density at radius 2 is 1.88 bits per heavy atom. The molecule has 142 valence electrons. The summed E-state index contributed by atoms with van der Waals surface area (Å²) in [5.41, 5.74) is 5.86. The van der Waals surface area contributed by atoms with E-state index in [0.717, 1.165) is 36.2 Å². The highest BCUT2D eigenvalue weighted by Crippen LogP contribution is 2.31. The molecule has 1 aliphatic rings. The number of hydrogen-bond donors (Lipinski definition) is 2. The summed E-state index contributed by atoms with van der Waals surface area (Å²) in [7, 11) is 0. The van der Waals surface area contributed by atoms with Gasteiger partial charge in [-0.05, 0) is 49.6 Å². The van der Waals surface area contributed by atoms with Gasteiger partial charge in [0, 0.05) is 17.6 Å². The molecule has 0 spiro atoms. The summed E-state index contributed by atoms with van der Waals surface area (Å²) >= 11 is 0. The van der Waals surface area contributed by atoms with Gasteiger partial charge in [0.15, 0.2) is 0 Å². The molecule has 0 aliphatic heterocycles.